The fraction of sp³-hybridized carbons (Fsp3) is 0. The summed E-state index contributed by atoms with van der Waals surface area (Å²) in [5, 5.41) is 0. The lowest BCUT2D eigenvalue weighted by molar-refractivity contribution is 2.08. The lowest BCUT2D eigenvalue weighted by Gasteiger charge is -1.59. The van der Waals surface area contributed by atoms with Gasteiger partial charge in [-0.15, -0.1) is 0 Å². The largest absolute Gasteiger partial charge is 0.0930 e. The molecule has 0 saturated carbocycles. The molecule has 34 valence electrons. The van der Waals surface area contributed by atoms with Gasteiger partial charge in [0.2, 0.25) is 0 Å². The van der Waals surface area contributed by atoms with E-state index in [9.17, 15) is 0 Å². The Bertz CT molecular complexity index is 53.9. The predicted molar refractivity (Wildman–Crippen MR) is 30.0 cm³/mol. The topological polar surface area (TPSA) is 0 Å². The summed E-state index contributed by atoms with van der Waals surface area (Å²) in [6, 6.07) is 0. The molecule has 6 heavy (non-hydrogen) atoms. The van der Waals surface area contributed by atoms with Gasteiger partial charge in [-0.2, -0.15) is 0 Å². The van der Waals surface area contributed by atoms with Gasteiger partial charge in [0.25, 0.3) is 0 Å². The van der Waals surface area contributed by atoms with Crippen molar-refractivity contribution in [1.82, 2.24) is 0 Å². The van der Waals surface area contributed by atoms with Crippen LogP contribution >= 0.6 is 23.2 Å². The molecule has 0 amide bonds. The second-order valence-corrected chi connectivity index (χ2v) is 1.14. The lowest BCUT2D eigenvalue weighted by Crippen LogP contribution is -1.34. The zero-order valence-corrected chi connectivity index (χ0v) is 4.58. The molecule has 0 radical (unpaired) electrons. The Balaban J connectivity index is 3.07. The average Bonchev–Trinajstić information content (AvgIpc) is 1.61. The fourth-order valence-corrected chi connectivity index (χ4v) is 0.252. The highest BCUT2D eigenvalue weighted by atomic mass is 35.5. The Morgan fingerprint density at radius 3 is 1.33 bits per heavy atom. The molecule has 0 aromatic carbocycles. The van der Waals surface area contributed by atoms with Crippen molar-refractivity contribution in [3.05, 3.63) is 23.2 Å². The predicted octanol–water partition coefficient (Wildman–Crippen LogP) is 2.49. The van der Waals surface area contributed by atoms with Crippen molar-refractivity contribution in [3.63, 3.8) is 0 Å². The first-order valence-corrected chi connectivity index (χ1v) is 2.31. The van der Waals surface area contributed by atoms with Crippen molar-refractivity contribution in [2.45, 2.75) is 0 Å². The molecule has 0 spiro atoms. The molecule has 0 fully saturated rings. The Labute approximate surface area is 47.1 Å². The van der Waals surface area contributed by atoms with Crippen LogP contribution in [0.4, 0.5) is 0 Å². The van der Waals surface area contributed by atoms with Crippen LogP contribution in [0.25, 0.3) is 0 Å². The molecule has 0 aliphatic heterocycles. The molecule has 0 atom stereocenters. The van der Waals surface area contributed by atoms with Crippen LogP contribution in [0.1, 0.15) is 0 Å². The monoisotopic (exact) mass is 122 g/mol. The van der Waals surface area contributed by atoms with E-state index in [0.29, 0.717) is 0 Å². The summed E-state index contributed by atoms with van der Waals surface area (Å²) >= 11 is 10.2. The van der Waals surface area contributed by atoms with Gasteiger partial charge in [0.05, 0.1) is 0 Å². The molecule has 0 unspecified atom stereocenters. The summed E-state index contributed by atoms with van der Waals surface area (Å²) in [5.74, 6) is 0. The second kappa shape index (κ2) is 5.06. The van der Waals surface area contributed by atoms with Crippen molar-refractivity contribution in [2.75, 3.05) is 0 Å². The molecule has 0 aromatic rings. The van der Waals surface area contributed by atoms with Crippen molar-refractivity contribution < 1.29 is 0 Å². The molecule has 0 saturated heterocycles. The van der Waals surface area contributed by atoms with Crippen LogP contribution in [0.15, 0.2) is 23.2 Å². The van der Waals surface area contributed by atoms with E-state index in [-0.39, 0.29) is 0 Å². The van der Waals surface area contributed by atoms with Crippen LogP contribution in [0.3, 0.4) is 0 Å². The highest BCUT2D eigenvalue weighted by molar-refractivity contribution is 6.26. The Morgan fingerprint density at radius 1 is 0.833 bits per heavy atom. The fourth-order valence-electron chi connectivity index (χ4n) is 0.0840. The van der Waals surface area contributed by atoms with Gasteiger partial charge in [0, 0.05) is 11.1 Å². The van der Waals surface area contributed by atoms with Crippen LogP contribution in [-0.4, -0.2) is 0 Å². The first-order chi connectivity index (χ1) is 2.91. The number of hydrogen-bond acceptors (Lipinski definition) is 0. The van der Waals surface area contributed by atoms with Gasteiger partial charge >= 0.3 is 0 Å². The molecule has 0 nitrogen and oxygen atoms in total. The van der Waals surface area contributed by atoms with E-state index in [0.717, 1.165) is 0 Å². The maximum Gasteiger partial charge on any atom is 0.00427 e. The SMILES string of the molecule is Cl/C=C\C=C\Cl. The van der Waals surface area contributed by atoms with Crippen molar-refractivity contribution in [3.8, 4) is 0 Å². The van der Waals surface area contributed by atoms with Gasteiger partial charge in [0.1, 0.15) is 0 Å². The first kappa shape index (κ1) is 6.06. The molecule has 2 heteroatoms. The average molecular weight is 123 g/mol. The van der Waals surface area contributed by atoms with E-state index >= 15 is 0 Å². The normalized spacial score (nSPS) is 11.7. The van der Waals surface area contributed by atoms with Gasteiger partial charge in [-0.3, -0.25) is 0 Å². The summed E-state index contributed by atoms with van der Waals surface area (Å²) < 4.78 is 0. The summed E-state index contributed by atoms with van der Waals surface area (Å²) in [6.07, 6.45) is 3.27. The Morgan fingerprint density at radius 2 is 1.17 bits per heavy atom. The molecule has 0 rings (SSSR count). The van der Waals surface area contributed by atoms with Crippen molar-refractivity contribution >= 4 is 23.2 Å². The number of hydrogen-bond donors (Lipinski definition) is 0. The summed E-state index contributed by atoms with van der Waals surface area (Å²) in [5.41, 5.74) is 2.78. The van der Waals surface area contributed by atoms with Crippen LogP contribution in [-0.2, 0) is 0 Å². The summed E-state index contributed by atoms with van der Waals surface area (Å²) in [7, 11) is 0. The second-order valence-electron chi connectivity index (χ2n) is 0.637. The van der Waals surface area contributed by atoms with E-state index in [1.807, 2.05) is 0 Å². The van der Waals surface area contributed by atoms with E-state index < -0.39 is 0 Å². The maximum atomic E-state index is 5.09. The van der Waals surface area contributed by atoms with Gasteiger partial charge in [-0.25, -0.2) is 0 Å². The van der Waals surface area contributed by atoms with Crippen LogP contribution < -0.4 is 0 Å². The van der Waals surface area contributed by atoms with Crippen molar-refractivity contribution in [2.24, 2.45) is 0 Å². The quantitative estimate of drug-likeness (QED) is 0.470. The van der Waals surface area contributed by atoms with Gasteiger partial charge in [-0.05, 0) is 0 Å². The lowest BCUT2D eigenvalue weighted by atomic mass is 10.6. The van der Waals surface area contributed by atoms with E-state index in [2.05, 4.69) is 0 Å². The minimum Gasteiger partial charge on any atom is -0.0930 e. The standard InChI is InChI=1S/C4H4Cl2/c5-3-1-2-4-6/h1-4H/b3-1-,4-2+. The van der Waals surface area contributed by atoms with Gasteiger partial charge < -0.3 is 0 Å². The molecule has 0 aromatic heterocycles. The summed E-state index contributed by atoms with van der Waals surface area (Å²) in [4.78, 5) is 0. The third-order valence-corrected chi connectivity index (χ3v) is 0.548. The zero-order chi connectivity index (χ0) is 4.83. The third kappa shape index (κ3) is 4.06. The molecule has 0 heterocycles. The Hall–Kier alpha value is 0.0600. The highest BCUT2D eigenvalue weighted by Gasteiger charge is 1.52. The minimum absolute atomic E-state index is 1.39. The smallest absolute Gasteiger partial charge is 0.00427 e. The number of halogens is 2. The van der Waals surface area contributed by atoms with Gasteiger partial charge in [0.15, 0.2) is 0 Å². The van der Waals surface area contributed by atoms with Crippen LogP contribution in [0, 0.1) is 0 Å². The highest BCUT2D eigenvalue weighted by Crippen LogP contribution is 1.81. The molecule has 0 bridgehead atoms. The van der Waals surface area contributed by atoms with Crippen molar-refractivity contribution in [1.29, 1.82) is 0 Å². The zero-order valence-electron chi connectivity index (χ0n) is 3.07. The molecular formula is C4H4Cl2. The van der Waals surface area contributed by atoms with Crippen LogP contribution in [0.2, 0.25) is 0 Å². The first-order valence-electron chi connectivity index (χ1n) is 1.44. The van der Waals surface area contributed by atoms with Gasteiger partial charge in [-0.1, -0.05) is 35.4 Å². The molecule has 0 aliphatic carbocycles. The molecule has 0 aliphatic rings. The number of rotatable bonds is 1. The van der Waals surface area contributed by atoms with Crippen LogP contribution in [0.5, 0.6) is 0 Å². The maximum absolute atomic E-state index is 5.09. The third-order valence-electron chi connectivity index (χ3n) is 0.257. The molecule has 0 N–H and O–H groups in total. The summed E-state index contributed by atoms with van der Waals surface area (Å²) in [6.45, 7) is 0. The van der Waals surface area contributed by atoms with E-state index in [1.54, 1.807) is 12.2 Å². The Kier molecular flexibility index (Phi) is 5.11. The molecular weight excluding hydrogens is 119 g/mol. The minimum atomic E-state index is 1.39. The van der Waals surface area contributed by atoms with E-state index in [1.165, 1.54) is 11.1 Å². The van der Waals surface area contributed by atoms with E-state index in [4.69, 9.17) is 23.2 Å². The number of allylic oxidation sites excluding steroid dienone is 2.